The van der Waals surface area contributed by atoms with E-state index in [9.17, 15) is 9.18 Å². The number of carbonyl (C=O) groups is 1. The Bertz CT molecular complexity index is 1050. The van der Waals surface area contributed by atoms with Crippen molar-refractivity contribution in [2.75, 3.05) is 0 Å². The van der Waals surface area contributed by atoms with Gasteiger partial charge in [-0.05, 0) is 12.1 Å². The molecule has 4 aromatic rings. The molecule has 0 saturated heterocycles. The van der Waals surface area contributed by atoms with Crippen LogP contribution in [-0.2, 0) is 6.54 Å². The maximum Gasteiger partial charge on any atom is 0.195 e. The molecule has 3 heteroatoms. The number of aromatic nitrogens is 1. The lowest BCUT2D eigenvalue weighted by Crippen LogP contribution is -2.02. The first kappa shape index (κ1) is 15.3. The third kappa shape index (κ3) is 2.85. The second-order valence-corrected chi connectivity index (χ2v) is 5.97. The van der Waals surface area contributed by atoms with E-state index in [1.54, 1.807) is 12.1 Å². The Morgan fingerprint density at radius 3 is 2.32 bits per heavy atom. The Morgan fingerprint density at radius 2 is 1.52 bits per heavy atom. The van der Waals surface area contributed by atoms with Crippen LogP contribution in [0.5, 0.6) is 0 Å². The fourth-order valence-corrected chi connectivity index (χ4v) is 3.11. The normalized spacial score (nSPS) is 10.9. The van der Waals surface area contributed by atoms with Crippen LogP contribution in [0.15, 0.2) is 85.1 Å². The molecule has 122 valence electrons. The van der Waals surface area contributed by atoms with Gasteiger partial charge in [-0.1, -0.05) is 66.7 Å². The zero-order valence-electron chi connectivity index (χ0n) is 13.5. The first-order valence-electron chi connectivity index (χ1n) is 8.15. The summed E-state index contributed by atoms with van der Waals surface area (Å²) in [6.45, 7) is 0.384. The predicted octanol–water partition coefficient (Wildman–Crippen LogP) is 5.06. The van der Waals surface area contributed by atoms with Gasteiger partial charge in [-0.3, -0.25) is 4.79 Å². The summed E-state index contributed by atoms with van der Waals surface area (Å²) in [7, 11) is 0. The molecule has 0 spiro atoms. The Balaban J connectivity index is 1.82. The number of carbonyl (C=O) groups excluding carboxylic acids is 1. The monoisotopic (exact) mass is 329 g/mol. The van der Waals surface area contributed by atoms with Gasteiger partial charge in [0.25, 0.3) is 0 Å². The number of ketones is 1. The molecule has 0 aliphatic heterocycles. The highest BCUT2D eigenvalue weighted by molar-refractivity contribution is 6.16. The summed E-state index contributed by atoms with van der Waals surface area (Å²) in [4.78, 5) is 12.9. The van der Waals surface area contributed by atoms with Gasteiger partial charge in [0.15, 0.2) is 5.78 Å². The lowest BCUT2D eigenvalue weighted by molar-refractivity contribution is 0.104. The molecule has 4 rings (SSSR count). The van der Waals surface area contributed by atoms with Crippen molar-refractivity contribution in [2.45, 2.75) is 6.54 Å². The van der Waals surface area contributed by atoms with E-state index in [1.807, 2.05) is 71.4 Å². The van der Waals surface area contributed by atoms with Crippen molar-refractivity contribution in [3.63, 3.8) is 0 Å². The van der Waals surface area contributed by atoms with Crippen LogP contribution < -0.4 is 0 Å². The fourth-order valence-electron chi connectivity index (χ4n) is 3.11. The van der Waals surface area contributed by atoms with Crippen LogP contribution in [-0.4, -0.2) is 10.4 Å². The van der Waals surface area contributed by atoms with E-state index < -0.39 is 0 Å². The summed E-state index contributed by atoms with van der Waals surface area (Å²) in [5.74, 6) is -0.264. The summed E-state index contributed by atoms with van der Waals surface area (Å²) in [5.41, 5.74) is 2.81. The molecular weight excluding hydrogens is 313 g/mol. The molecule has 0 radical (unpaired) electrons. The van der Waals surface area contributed by atoms with Crippen molar-refractivity contribution in [2.24, 2.45) is 0 Å². The Morgan fingerprint density at radius 1 is 0.840 bits per heavy atom. The first-order chi connectivity index (χ1) is 12.2. The van der Waals surface area contributed by atoms with Gasteiger partial charge in [-0.25, -0.2) is 4.39 Å². The quantitative estimate of drug-likeness (QED) is 0.480. The molecule has 3 aromatic carbocycles. The van der Waals surface area contributed by atoms with Crippen molar-refractivity contribution in [3.8, 4) is 0 Å². The lowest BCUT2D eigenvalue weighted by Gasteiger charge is -2.06. The minimum atomic E-state index is -0.240. The average molecular weight is 329 g/mol. The summed E-state index contributed by atoms with van der Waals surface area (Å²) >= 11 is 0. The number of hydrogen-bond donors (Lipinski definition) is 0. The lowest BCUT2D eigenvalue weighted by atomic mass is 10.0. The van der Waals surface area contributed by atoms with E-state index in [-0.39, 0.29) is 11.6 Å². The first-order valence-corrected chi connectivity index (χ1v) is 8.15. The van der Waals surface area contributed by atoms with Crippen molar-refractivity contribution < 1.29 is 9.18 Å². The van der Waals surface area contributed by atoms with E-state index >= 15 is 0 Å². The molecule has 0 bridgehead atoms. The molecule has 1 aromatic heterocycles. The Hall–Kier alpha value is -3.20. The standard InChI is InChI=1S/C22H16FNO/c23-20-12-6-4-10-17(20)14-24-15-19(18-11-5-7-13-21(18)24)22(25)16-8-2-1-3-9-16/h1-13,15H,14H2. The predicted molar refractivity (Wildman–Crippen MR) is 97.3 cm³/mol. The minimum absolute atomic E-state index is 0.0240. The third-order valence-electron chi connectivity index (χ3n) is 4.37. The maximum absolute atomic E-state index is 14.0. The molecular formula is C22H16FNO. The number of nitrogens with zero attached hydrogens (tertiary/aromatic N) is 1. The van der Waals surface area contributed by atoms with Crippen LogP contribution in [0.25, 0.3) is 10.9 Å². The van der Waals surface area contributed by atoms with E-state index in [1.165, 1.54) is 6.07 Å². The number of benzene rings is 3. The average Bonchev–Trinajstić information content (AvgIpc) is 3.02. The van der Waals surface area contributed by atoms with Gasteiger partial charge < -0.3 is 4.57 Å². The molecule has 0 saturated carbocycles. The second kappa shape index (κ2) is 6.36. The second-order valence-electron chi connectivity index (χ2n) is 5.97. The molecule has 25 heavy (non-hydrogen) atoms. The van der Waals surface area contributed by atoms with Crippen LogP contribution in [0.3, 0.4) is 0 Å². The molecule has 2 nitrogen and oxygen atoms in total. The summed E-state index contributed by atoms with van der Waals surface area (Å²) in [6, 6.07) is 23.7. The maximum atomic E-state index is 14.0. The van der Waals surface area contributed by atoms with Gasteiger partial charge in [0.2, 0.25) is 0 Å². The van der Waals surface area contributed by atoms with Crippen LogP contribution in [0.4, 0.5) is 4.39 Å². The van der Waals surface area contributed by atoms with Crippen molar-refractivity contribution in [1.82, 2.24) is 4.57 Å². The van der Waals surface area contributed by atoms with Gasteiger partial charge >= 0.3 is 0 Å². The van der Waals surface area contributed by atoms with E-state index in [0.717, 1.165) is 10.9 Å². The number of fused-ring (bicyclic) bond motifs is 1. The van der Waals surface area contributed by atoms with E-state index in [4.69, 9.17) is 0 Å². The number of hydrogen-bond acceptors (Lipinski definition) is 1. The number of halogens is 1. The van der Waals surface area contributed by atoms with E-state index in [2.05, 4.69) is 0 Å². The van der Waals surface area contributed by atoms with Crippen molar-refractivity contribution in [1.29, 1.82) is 0 Å². The molecule has 0 unspecified atom stereocenters. The molecule has 0 aliphatic rings. The highest BCUT2D eigenvalue weighted by Crippen LogP contribution is 2.25. The smallest absolute Gasteiger partial charge is 0.195 e. The van der Waals surface area contributed by atoms with Crippen LogP contribution in [0, 0.1) is 5.82 Å². The van der Waals surface area contributed by atoms with Crippen molar-refractivity contribution in [3.05, 3.63) is 108 Å². The number of para-hydroxylation sites is 1. The molecule has 0 fully saturated rings. The van der Waals surface area contributed by atoms with Gasteiger partial charge in [0.1, 0.15) is 5.82 Å². The Kier molecular flexibility index (Phi) is 3.90. The Labute approximate surface area is 145 Å². The van der Waals surface area contributed by atoms with Crippen LogP contribution in [0.2, 0.25) is 0 Å². The van der Waals surface area contributed by atoms with Gasteiger partial charge in [-0.2, -0.15) is 0 Å². The SMILES string of the molecule is O=C(c1ccccc1)c1cn(Cc2ccccc2F)c2ccccc12. The summed E-state index contributed by atoms with van der Waals surface area (Å²) in [6.07, 6.45) is 1.83. The number of rotatable bonds is 4. The van der Waals surface area contributed by atoms with Crippen molar-refractivity contribution >= 4 is 16.7 Å². The topological polar surface area (TPSA) is 22.0 Å². The zero-order valence-corrected chi connectivity index (χ0v) is 13.5. The highest BCUT2D eigenvalue weighted by Gasteiger charge is 2.17. The third-order valence-corrected chi connectivity index (χ3v) is 4.37. The molecule has 0 amide bonds. The highest BCUT2D eigenvalue weighted by atomic mass is 19.1. The van der Waals surface area contributed by atoms with Gasteiger partial charge in [0, 0.05) is 33.8 Å². The fraction of sp³-hybridized carbons (Fsp3) is 0.0455. The molecule has 0 N–H and O–H groups in total. The van der Waals surface area contributed by atoms with E-state index in [0.29, 0.717) is 23.2 Å². The van der Waals surface area contributed by atoms with Crippen LogP contribution in [0.1, 0.15) is 21.5 Å². The molecule has 0 atom stereocenters. The van der Waals surface area contributed by atoms with Gasteiger partial charge in [0.05, 0.1) is 6.54 Å². The van der Waals surface area contributed by atoms with Gasteiger partial charge in [-0.15, -0.1) is 0 Å². The zero-order chi connectivity index (χ0) is 17.2. The largest absolute Gasteiger partial charge is 0.342 e. The van der Waals surface area contributed by atoms with Crippen LogP contribution >= 0.6 is 0 Å². The summed E-state index contributed by atoms with van der Waals surface area (Å²) in [5, 5.41) is 0.882. The molecule has 1 heterocycles. The summed E-state index contributed by atoms with van der Waals surface area (Å²) < 4.78 is 16.0. The molecule has 0 aliphatic carbocycles. The minimum Gasteiger partial charge on any atom is -0.342 e.